The second-order valence-corrected chi connectivity index (χ2v) is 7.59. The highest BCUT2D eigenvalue weighted by atomic mass is 35.5. The van der Waals surface area contributed by atoms with Gasteiger partial charge in [-0.1, -0.05) is 23.7 Å². The van der Waals surface area contributed by atoms with Gasteiger partial charge < -0.3 is 14.5 Å². The van der Waals surface area contributed by atoms with E-state index in [-0.39, 0.29) is 5.91 Å². The highest BCUT2D eigenvalue weighted by molar-refractivity contribution is 8.18. The van der Waals surface area contributed by atoms with Crippen molar-refractivity contribution in [3.63, 3.8) is 0 Å². The summed E-state index contributed by atoms with van der Waals surface area (Å²) in [6.07, 6.45) is 1.70. The third-order valence-electron chi connectivity index (χ3n) is 4.04. The van der Waals surface area contributed by atoms with E-state index >= 15 is 0 Å². The molecule has 0 spiro atoms. The Morgan fingerprint density at radius 3 is 2.76 bits per heavy atom. The minimum absolute atomic E-state index is 0.208. The van der Waals surface area contributed by atoms with Crippen LogP contribution in [-0.2, 0) is 4.79 Å². The van der Waals surface area contributed by atoms with Crippen LogP contribution in [0.15, 0.2) is 75.0 Å². The average molecular weight is 425 g/mol. The number of hydrogen-bond donors (Lipinski definition) is 1. The van der Waals surface area contributed by atoms with Gasteiger partial charge in [0, 0.05) is 16.7 Å². The lowest BCUT2D eigenvalue weighted by molar-refractivity contribution is -0.115. The Hall–Kier alpha value is -2.96. The van der Waals surface area contributed by atoms with Gasteiger partial charge in [-0.2, -0.15) is 0 Å². The van der Waals surface area contributed by atoms with Gasteiger partial charge in [0.1, 0.15) is 17.3 Å². The lowest BCUT2D eigenvalue weighted by atomic mass is 10.2. The third kappa shape index (κ3) is 4.72. The van der Waals surface area contributed by atoms with Crippen LogP contribution in [0.5, 0.6) is 5.75 Å². The number of benzene rings is 2. The number of nitrogens with one attached hydrogen (secondary N) is 1. The zero-order valence-corrected chi connectivity index (χ0v) is 17.1. The minimum Gasteiger partial charge on any atom is -0.494 e. The van der Waals surface area contributed by atoms with Crippen molar-refractivity contribution in [1.29, 1.82) is 0 Å². The van der Waals surface area contributed by atoms with Gasteiger partial charge >= 0.3 is 0 Å². The molecular formula is C22H17ClN2O3S. The van der Waals surface area contributed by atoms with E-state index in [1.165, 1.54) is 11.8 Å². The fraction of sp³-hybridized carbons (Fsp3) is 0.0909. The Labute approximate surface area is 177 Å². The number of hydrogen-bond acceptors (Lipinski definition) is 5. The zero-order chi connectivity index (χ0) is 20.2. The van der Waals surface area contributed by atoms with E-state index in [9.17, 15) is 4.79 Å². The van der Waals surface area contributed by atoms with Gasteiger partial charge in [0.25, 0.3) is 5.91 Å². The number of carbonyl (C=O) groups excluding carboxylic acids is 1. The van der Waals surface area contributed by atoms with Crippen LogP contribution in [0.4, 0.5) is 5.69 Å². The lowest BCUT2D eigenvalue weighted by Gasteiger charge is -2.02. The Morgan fingerprint density at radius 2 is 2.00 bits per heavy atom. The van der Waals surface area contributed by atoms with Crippen LogP contribution in [-0.4, -0.2) is 17.7 Å². The van der Waals surface area contributed by atoms with Crippen LogP contribution in [0.25, 0.3) is 17.4 Å². The van der Waals surface area contributed by atoms with Gasteiger partial charge in [0.15, 0.2) is 5.17 Å². The smallest absolute Gasteiger partial charge is 0.264 e. The van der Waals surface area contributed by atoms with Crippen LogP contribution in [0, 0.1) is 0 Å². The molecule has 1 aromatic heterocycles. The van der Waals surface area contributed by atoms with Gasteiger partial charge in [0.05, 0.1) is 17.2 Å². The molecule has 2 aromatic carbocycles. The van der Waals surface area contributed by atoms with Crippen molar-refractivity contribution in [2.75, 3.05) is 6.61 Å². The molecule has 0 aliphatic carbocycles. The average Bonchev–Trinajstić information content (AvgIpc) is 3.31. The second-order valence-electron chi connectivity index (χ2n) is 6.12. The number of rotatable bonds is 5. The second kappa shape index (κ2) is 8.59. The molecule has 4 rings (SSSR count). The first-order chi connectivity index (χ1) is 14.1. The van der Waals surface area contributed by atoms with E-state index in [2.05, 4.69) is 10.3 Å². The van der Waals surface area contributed by atoms with Crippen LogP contribution in [0.2, 0.25) is 5.02 Å². The number of nitrogens with zero attached hydrogens (tertiary/aromatic N) is 1. The summed E-state index contributed by atoms with van der Waals surface area (Å²) in [5, 5.41) is 3.93. The van der Waals surface area contributed by atoms with E-state index in [1.54, 1.807) is 6.08 Å². The molecule has 0 bridgehead atoms. The van der Waals surface area contributed by atoms with Crippen molar-refractivity contribution in [2.45, 2.75) is 6.92 Å². The van der Waals surface area contributed by atoms with Crippen molar-refractivity contribution in [1.82, 2.24) is 5.32 Å². The Kier molecular flexibility index (Phi) is 5.74. The molecule has 0 radical (unpaired) electrons. The molecule has 1 amide bonds. The predicted octanol–water partition coefficient (Wildman–Crippen LogP) is 5.89. The van der Waals surface area contributed by atoms with Crippen molar-refractivity contribution in [3.05, 3.63) is 76.4 Å². The molecule has 29 heavy (non-hydrogen) atoms. The van der Waals surface area contributed by atoms with E-state index in [1.807, 2.05) is 67.6 Å². The molecule has 7 heteroatoms. The Morgan fingerprint density at radius 1 is 1.17 bits per heavy atom. The number of halogens is 1. The maximum Gasteiger partial charge on any atom is 0.264 e. The third-order valence-corrected chi connectivity index (χ3v) is 5.18. The van der Waals surface area contributed by atoms with Crippen molar-refractivity contribution in [2.24, 2.45) is 4.99 Å². The monoisotopic (exact) mass is 424 g/mol. The Balaban J connectivity index is 1.50. The summed E-state index contributed by atoms with van der Waals surface area (Å²) in [4.78, 5) is 17.3. The molecular weight excluding hydrogens is 408 g/mol. The van der Waals surface area contributed by atoms with Gasteiger partial charge in [-0.3, -0.25) is 4.79 Å². The predicted molar refractivity (Wildman–Crippen MR) is 118 cm³/mol. The number of ether oxygens (including phenoxy) is 1. The molecule has 1 fully saturated rings. The molecule has 1 aliphatic rings. The summed E-state index contributed by atoms with van der Waals surface area (Å²) in [6.45, 7) is 2.55. The summed E-state index contributed by atoms with van der Waals surface area (Å²) in [6, 6.07) is 18.5. The minimum atomic E-state index is -0.208. The molecule has 1 aliphatic heterocycles. The number of furan rings is 1. The fourth-order valence-electron chi connectivity index (χ4n) is 2.74. The Bertz CT molecular complexity index is 1100. The standard InChI is InChI=1S/C22H17ClN2O3S/c1-2-27-17-8-6-16(7-9-17)24-22-25-21(26)20(29-22)13-18-10-11-19(28-18)14-4-3-5-15(23)12-14/h3-13H,2H2,1H3,(H,24,25,26)/b20-13-. The van der Waals surface area contributed by atoms with Gasteiger partial charge in [-0.15, -0.1) is 0 Å². The van der Waals surface area contributed by atoms with E-state index in [0.29, 0.717) is 33.2 Å². The van der Waals surface area contributed by atoms with Crippen LogP contribution < -0.4 is 10.1 Å². The summed E-state index contributed by atoms with van der Waals surface area (Å²) in [5.41, 5.74) is 1.61. The van der Waals surface area contributed by atoms with Gasteiger partial charge in [-0.25, -0.2) is 4.99 Å². The van der Waals surface area contributed by atoms with Crippen LogP contribution >= 0.6 is 23.4 Å². The molecule has 3 aromatic rings. The first-order valence-electron chi connectivity index (χ1n) is 8.99. The fourth-order valence-corrected chi connectivity index (χ4v) is 3.75. The molecule has 146 valence electrons. The summed E-state index contributed by atoms with van der Waals surface area (Å²) in [7, 11) is 0. The maximum absolute atomic E-state index is 12.3. The number of amides is 1. The van der Waals surface area contributed by atoms with Gasteiger partial charge in [0.2, 0.25) is 0 Å². The SMILES string of the molecule is CCOc1ccc(N=C2NC(=O)/C(=C/c3ccc(-c4cccc(Cl)c4)o3)S2)cc1. The van der Waals surface area contributed by atoms with Crippen molar-refractivity contribution < 1.29 is 13.9 Å². The van der Waals surface area contributed by atoms with Crippen molar-refractivity contribution in [3.8, 4) is 17.1 Å². The van der Waals surface area contributed by atoms with Crippen LogP contribution in [0.1, 0.15) is 12.7 Å². The summed E-state index contributed by atoms with van der Waals surface area (Å²) < 4.78 is 11.3. The molecule has 1 saturated heterocycles. The highest BCUT2D eigenvalue weighted by Crippen LogP contribution is 2.31. The number of carbonyl (C=O) groups is 1. The first kappa shape index (κ1) is 19.4. The van der Waals surface area contributed by atoms with E-state index in [4.69, 9.17) is 20.8 Å². The molecule has 0 unspecified atom stereocenters. The summed E-state index contributed by atoms with van der Waals surface area (Å²) >= 11 is 7.30. The maximum atomic E-state index is 12.3. The van der Waals surface area contributed by atoms with Crippen molar-refractivity contribution >= 4 is 46.2 Å². The van der Waals surface area contributed by atoms with E-state index < -0.39 is 0 Å². The highest BCUT2D eigenvalue weighted by Gasteiger charge is 2.24. The molecule has 0 saturated carbocycles. The quantitative estimate of drug-likeness (QED) is 0.518. The largest absolute Gasteiger partial charge is 0.494 e. The molecule has 5 nitrogen and oxygen atoms in total. The number of aliphatic imine (C=N–C) groups is 1. The molecule has 2 heterocycles. The zero-order valence-electron chi connectivity index (χ0n) is 15.5. The number of thioether (sulfide) groups is 1. The normalized spacial score (nSPS) is 16.4. The molecule has 0 atom stereocenters. The number of amidine groups is 1. The first-order valence-corrected chi connectivity index (χ1v) is 10.2. The lowest BCUT2D eigenvalue weighted by Crippen LogP contribution is -2.19. The van der Waals surface area contributed by atoms with E-state index in [0.717, 1.165) is 17.0 Å². The van der Waals surface area contributed by atoms with Gasteiger partial charge in [-0.05, 0) is 67.2 Å². The molecule has 1 N–H and O–H groups in total. The summed E-state index contributed by atoms with van der Waals surface area (Å²) in [5.74, 6) is 1.85. The van der Waals surface area contributed by atoms with Crippen LogP contribution in [0.3, 0.4) is 0 Å². The topological polar surface area (TPSA) is 63.8 Å².